The summed E-state index contributed by atoms with van der Waals surface area (Å²) in [6, 6.07) is 0. The highest BCUT2D eigenvalue weighted by Crippen LogP contribution is 2.39. The normalized spacial score (nSPS) is 22.6. The van der Waals surface area contributed by atoms with E-state index in [0.29, 0.717) is 16.7 Å². The van der Waals surface area contributed by atoms with Gasteiger partial charge in [0.15, 0.2) is 0 Å². The first-order valence-corrected chi connectivity index (χ1v) is 5.71. The Labute approximate surface area is 101 Å². The Morgan fingerprint density at radius 1 is 1.53 bits per heavy atom. The van der Waals surface area contributed by atoms with Crippen LogP contribution in [0.4, 0.5) is 0 Å². The molecule has 0 aromatic carbocycles. The maximum atomic E-state index is 11.5. The third-order valence-corrected chi connectivity index (χ3v) is 3.64. The lowest BCUT2D eigenvalue weighted by molar-refractivity contribution is -0.103. The first-order valence-electron chi connectivity index (χ1n) is 4.83. The summed E-state index contributed by atoms with van der Waals surface area (Å²) in [5.74, 6) is -0.571. The summed E-state index contributed by atoms with van der Waals surface area (Å²) < 4.78 is 4.60. The molecule has 0 aliphatic heterocycles. The van der Waals surface area contributed by atoms with Gasteiger partial charge in [0.1, 0.15) is 18.5 Å². The molecule has 0 saturated heterocycles. The molecule has 17 heavy (non-hydrogen) atoms. The van der Waals surface area contributed by atoms with Crippen LogP contribution in [0.3, 0.4) is 0 Å². The summed E-state index contributed by atoms with van der Waals surface area (Å²) in [5.41, 5.74) is 0.783. The molecule has 90 valence electrons. The van der Waals surface area contributed by atoms with Crippen molar-refractivity contribution in [3.05, 3.63) is 27.5 Å². The van der Waals surface area contributed by atoms with Crippen molar-refractivity contribution in [2.24, 2.45) is 0 Å². The second kappa shape index (κ2) is 4.40. The molecule has 1 heterocycles. The number of fused-ring (bicyclic) bond motifs is 1. The maximum absolute atomic E-state index is 11.5. The Balaban J connectivity index is 2.61. The maximum Gasteiger partial charge on any atom is 0.339 e. The number of aliphatic hydroxyl groups is 2. The van der Waals surface area contributed by atoms with Gasteiger partial charge in [0.2, 0.25) is 0 Å². The van der Waals surface area contributed by atoms with Crippen LogP contribution in [0, 0.1) is 0 Å². The molecular weight excluding hydrogens is 244 g/mol. The van der Waals surface area contributed by atoms with Crippen LogP contribution in [0.15, 0.2) is 11.5 Å². The number of aldehydes is 1. The number of ether oxygens (including phenoxy) is 1. The van der Waals surface area contributed by atoms with Crippen LogP contribution < -0.4 is 0 Å². The number of hydrogen-bond donors (Lipinski definition) is 2. The lowest BCUT2D eigenvalue weighted by Gasteiger charge is -2.21. The average Bonchev–Trinajstić information content (AvgIpc) is 2.77. The summed E-state index contributed by atoms with van der Waals surface area (Å²) in [7, 11) is 1.24. The quantitative estimate of drug-likeness (QED) is 0.594. The van der Waals surface area contributed by atoms with Crippen LogP contribution in [0.2, 0.25) is 0 Å². The third kappa shape index (κ3) is 1.80. The molecule has 0 bridgehead atoms. The van der Waals surface area contributed by atoms with Crippen molar-refractivity contribution >= 4 is 29.2 Å². The lowest BCUT2D eigenvalue weighted by atomic mass is 9.92. The van der Waals surface area contributed by atoms with E-state index in [9.17, 15) is 19.8 Å². The van der Waals surface area contributed by atoms with Gasteiger partial charge in [0.25, 0.3) is 0 Å². The predicted octanol–water partition coefficient (Wildman–Crippen LogP) is 0.525. The highest BCUT2D eigenvalue weighted by Gasteiger charge is 2.32. The number of hydrogen-bond acceptors (Lipinski definition) is 6. The van der Waals surface area contributed by atoms with Gasteiger partial charge >= 0.3 is 5.97 Å². The lowest BCUT2D eigenvalue weighted by Crippen LogP contribution is -2.21. The van der Waals surface area contributed by atoms with Crippen LogP contribution in [0.1, 0.15) is 26.9 Å². The van der Waals surface area contributed by atoms with Gasteiger partial charge in [-0.3, -0.25) is 4.79 Å². The first-order chi connectivity index (χ1) is 8.10. The van der Waals surface area contributed by atoms with E-state index in [-0.39, 0.29) is 11.1 Å². The number of carbonyl (C=O) groups excluding carboxylic acids is 2. The molecule has 2 atom stereocenters. The Morgan fingerprint density at radius 3 is 2.82 bits per heavy atom. The predicted molar refractivity (Wildman–Crippen MR) is 60.7 cm³/mol. The second-order valence-corrected chi connectivity index (χ2v) is 4.47. The van der Waals surface area contributed by atoms with Gasteiger partial charge in [-0.15, -0.1) is 11.3 Å². The molecule has 0 fully saturated rings. The Kier molecular flexibility index (Phi) is 3.10. The molecule has 0 saturated carbocycles. The number of allylic oxidation sites excluding steroid dienone is 1. The Hall–Kier alpha value is -1.50. The molecule has 0 amide bonds. The largest absolute Gasteiger partial charge is 0.465 e. The van der Waals surface area contributed by atoms with Gasteiger partial charge in [-0.25, -0.2) is 4.79 Å². The molecule has 1 aliphatic carbocycles. The van der Waals surface area contributed by atoms with Gasteiger partial charge < -0.3 is 14.9 Å². The molecule has 2 N–H and O–H groups in total. The van der Waals surface area contributed by atoms with Crippen molar-refractivity contribution in [1.82, 2.24) is 0 Å². The standard InChI is InChI=1S/C11H10O5S/c1-16-11(15)6-4-17-10-8(6)5(3-12)2-7(13)9(10)14/h2-4,7,9,13-14H,1H3. The Bertz CT molecular complexity index is 502. The van der Waals surface area contributed by atoms with Gasteiger partial charge in [0, 0.05) is 21.4 Å². The zero-order valence-electron chi connectivity index (χ0n) is 8.91. The van der Waals surface area contributed by atoms with Crippen LogP contribution in [0.25, 0.3) is 5.57 Å². The van der Waals surface area contributed by atoms with Crippen molar-refractivity contribution < 1.29 is 24.5 Å². The minimum absolute atomic E-state index is 0.194. The fourth-order valence-electron chi connectivity index (χ4n) is 1.76. The van der Waals surface area contributed by atoms with Gasteiger partial charge in [-0.05, 0) is 6.08 Å². The van der Waals surface area contributed by atoms with E-state index in [1.54, 1.807) is 0 Å². The van der Waals surface area contributed by atoms with E-state index in [1.807, 2.05) is 0 Å². The topological polar surface area (TPSA) is 83.8 Å². The molecule has 1 aliphatic rings. The molecule has 1 aromatic heterocycles. The molecule has 1 aromatic rings. The van der Waals surface area contributed by atoms with Crippen molar-refractivity contribution in [2.45, 2.75) is 12.2 Å². The molecule has 5 nitrogen and oxygen atoms in total. The fraction of sp³-hybridized carbons (Fsp3) is 0.273. The van der Waals surface area contributed by atoms with E-state index >= 15 is 0 Å². The van der Waals surface area contributed by atoms with E-state index in [0.717, 1.165) is 11.3 Å². The van der Waals surface area contributed by atoms with Crippen LogP contribution in [0.5, 0.6) is 0 Å². The number of esters is 1. The van der Waals surface area contributed by atoms with Crippen molar-refractivity contribution in [1.29, 1.82) is 0 Å². The van der Waals surface area contributed by atoms with Crippen molar-refractivity contribution in [3.63, 3.8) is 0 Å². The summed E-state index contributed by atoms with van der Waals surface area (Å²) in [6.07, 6.45) is -0.462. The minimum Gasteiger partial charge on any atom is -0.465 e. The van der Waals surface area contributed by atoms with E-state index in [4.69, 9.17) is 0 Å². The van der Waals surface area contributed by atoms with Crippen LogP contribution in [-0.4, -0.2) is 35.7 Å². The van der Waals surface area contributed by atoms with Gasteiger partial charge in [-0.2, -0.15) is 0 Å². The fourth-order valence-corrected chi connectivity index (χ4v) is 2.84. The average molecular weight is 254 g/mol. The Morgan fingerprint density at radius 2 is 2.24 bits per heavy atom. The molecular formula is C11H10O5S. The minimum atomic E-state index is -1.13. The molecule has 0 radical (unpaired) electrons. The number of methoxy groups -OCH3 is 1. The summed E-state index contributed by atoms with van der Waals surface area (Å²) in [5, 5.41) is 20.8. The molecule has 6 heteroatoms. The molecule has 0 spiro atoms. The summed E-state index contributed by atoms with van der Waals surface area (Å²) >= 11 is 1.12. The monoisotopic (exact) mass is 254 g/mol. The summed E-state index contributed by atoms with van der Waals surface area (Å²) in [6.45, 7) is 0. The number of rotatable bonds is 2. The van der Waals surface area contributed by atoms with Crippen molar-refractivity contribution in [2.75, 3.05) is 7.11 Å². The third-order valence-electron chi connectivity index (χ3n) is 2.58. The SMILES string of the molecule is COC(=O)c1csc2c1C(C=O)=CC(O)C2O. The van der Waals surface area contributed by atoms with E-state index in [2.05, 4.69) is 4.74 Å². The number of thiophene rings is 1. The van der Waals surface area contributed by atoms with Crippen molar-refractivity contribution in [3.8, 4) is 0 Å². The summed E-state index contributed by atoms with van der Waals surface area (Å²) in [4.78, 5) is 22.8. The van der Waals surface area contributed by atoms with Crippen LogP contribution in [-0.2, 0) is 9.53 Å². The van der Waals surface area contributed by atoms with Gasteiger partial charge in [-0.1, -0.05) is 0 Å². The van der Waals surface area contributed by atoms with E-state index < -0.39 is 18.2 Å². The second-order valence-electron chi connectivity index (χ2n) is 3.56. The van der Waals surface area contributed by atoms with Crippen LogP contribution >= 0.6 is 11.3 Å². The smallest absolute Gasteiger partial charge is 0.339 e. The highest BCUT2D eigenvalue weighted by molar-refractivity contribution is 7.10. The van der Waals surface area contributed by atoms with Gasteiger partial charge in [0.05, 0.1) is 12.7 Å². The first kappa shape index (κ1) is 12.0. The number of carbonyl (C=O) groups is 2. The molecule has 2 unspecified atom stereocenters. The highest BCUT2D eigenvalue weighted by atomic mass is 32.1. The molecule has 2 rings (SSSR count). The van der Waals surface area contributed by atoms with E-state index in [1.165, 1.54) is 18.6 Å². The zero-order valence-corrected chi connectivity index (χ0v) is 9.73. The zero-order chi connectivity index (χ0) is 12.6. The number of aliphatic hydroxyl groups excluding tert-OH is 2.